The van der Waals surface area contributed by atoms with Gasteiger partial charge in [0.05, 0.1) is 23.5 Å². The quantitative estimate of drug-likeness (QED) is 0.728. The number of nitriles is 1. The molecule has 5 nitrogen and oxygen atoms in total. The van der Waals surface area contributed by atoms with E-state index in [1.165, 1.54) is 23.2 Å². The lowest BCUT2D eigenvalue weighted by molar-refractivity contribution is 0.601. The van der Waals surface area contributed by atoms with Gasteiger partial charge in [0.2, 0.25) is 5.88 Å². The Balaban J connectivity index is 0.00000109. The molecule has 1 aliphatic carbocycles. The smallest absolute Gasteiger partial charge is 0.247 e. The molecule has 0 spiro atoms. The predicted octanol–water partition coefficient (Wildman–Crippen LogP) is 4.51. The normalized spacial score (nSPS) is 17.6. The number of hydrogen-bond donors (Lipinski definition) is 0. The fourth-order valence-corrected chi connectivity index (χ4v) is 3.00. The fraction of sp³-hybridized carbons (Fsp3) is 0.368. The van der Waals surface area contributed by atoms with Crippen LogP contribution in [-0.4, -0.2) is 22.2 Å². The zero-order chi connectivity index (χ0) is 18.2. The summed E-state index contributed by atoms with van der Waals surface area (Å²) in [7, 11) is 0. The maximum absolute atomic E-state index is 8.68. The van der Waals surface area contributed by atoms with Crippen LogP contribution in [0, 0.1) is 23.2 Å². The molecule has 1 atom stereocenters. The maximum Gasteiger partial charge on any atom is 0.247 e. The van der Waals surface area contributed by atoms with E-state index in [2.05, 4.69) is 47.3 Å². The van der Waals surface area contributed by atoms with Crippen molar-refractivity contribution in [2.75, 3.05) is 5.75 Å². The van der Waals surface area contributed by atoms with Gasteiger partial charge in [0, 0.05) is 18.2 Å². The second kappa shape index (κ2) is 9.19. The van der Waals surface area contributed by atoms with Crippen molar-refractivity contribution in [3.05, 3.63) is 52.9 Å². The van der Waals surface area contributed by atoms with Crippen LogP contribution in [0.25, 0.3) is 0 Å². The van der Waals surface area contributed by atoms with Crippen LogP contribution in [-0.2, 0) is 0 Å². The van der Waals surface area contributed by atoms with Gasteiger partial charge in [-0.15, -0.1) is 10.2 Å². The molecule has 0 fully saturated rings. The van der Waals surface area contributed by atoms with Gasteiger partial charge < -0.3 is 4.18 Å². The van der Waals surface area contributed by atoms with E-state index in [0.717, 1.165) is 5.70 Å². The van der Waals surface area contributed by atoms with Crippen LogP contribution in [0.3, 0.4) is 0 Å². The summed E-state index contributed by atoms with van der Waals surface area (Å²) in [5.41, 5.74) is 3.88. The van der Waals surface area contributed by atoms with E-state index in [1.807, 2.05) is 26.1 Å². The Kier molecular flexibility index (Phi) is 6.96. The van der Waals surface area contributed by atoms with Gasteiger partial charge in [-0.05, 0) is 23.1 Å². The van der Waals surface area contributed by atoms with Gasteiger partial charge in [-0.2, -0.15) is 5.26 Å². The number of allylic oxidation sites excluding steroid dienone is 5. The van der Waals surface area contributed by atoms with Gasteiger partial charge in [0.1, 0.15) is 6.07 Å². The summed E-state index contributed by atoms with van der Waals surface area (Å²) in [6.45, 7) is 8.39. The van der Waals surface area contributed by atoms with Crippen LogP contribution >= 0.6 is 12.0 Å². The molecule has 6 heteroatoms. The van der Waals surface area contributed by atoms with E-state index in [9.17, 15) is 0 Å². The fourth-order valence-electron chi connectivity index (χ4n) is 2.38. The molecule has 25 heavy (non-hydrogen) atoms. The molecule has 0 aromatic carbocycles. The lowest BCUT2D eigenvalue weighted by Crippen LogP contribution is -2.06. The van der Waals surface area contributed by atoms with E-state index in [1.54, 1.807) is 12.1 Å². The third-order valence-corrected chi connectivity index (χ3v) is 4.35. The molecule has 1 aromatic heterocycles. The van der Waals surface area contributed by atoms with Crippen molar-refractivity contribution in [1.29, 1.82) is 5.26 Å². The first-order chi connectivity index (χ1) is 12.2. The van der Waals surface area contributed by atoms with Crippen LogP contribution in [0.2, 0.25) is 0 Å². The second-order valence-corrected chi connectivity index (χ2v) is 6.27. The van der Waals surface area contributed by atoms with E-state index < -0.39 is 0 Å². The third-order valence-electron chi connectivity index (χ3n) is 3.67. The molecule has 1 aromatic rings. The second-order valence-electron chi connectivity index (χ2n) is 5.57. The molecular formula is C19H22N4OS. The predicted molar refractivity (Wildman–Crippen MR) is 102 cm³/mol. The first-order valence-corrected chi connectivity index (χ1v) is 9.29. The molecule has 0 N–H and O–H groups in total. The number of fused-ring (bicyclic) bond motifs is 1. The lowest BCUT2D eigenvalue weighted by atomic mass is 9.88. The molecule has 0 bridgehead atoms. The highest BCUT2D eigenvalue weighted by Crippen LogP contribution is 2.33. The SMILES string of the molecule is CC.CC(C)C1=CC2C=NC(CSOc3ccc(C#N)nn3)=C2C=C1. The van der Waals surface area contributed by atoms with Gasteiger partial charge in [-0.3, -0.25) is 4.99 Å². The van der Waals surface area contributed by atoms with E-state index in [0.29, 0.717) is 17.6 Å². The van der Waals surface area contributed by atoms with Crippen molar-refractivity contribution in [1.82, 2.24) is 10.2 Å². The van der Waals surface area contributed by atoms with Crippen molar-refractivity contribution in [3.63, 3.8) is 0 Å². The van der Waals surface area contributed by atoms with E-state index in [4.69, 9.17) is 9.44 Å². The van der Waals surface area contributed by atoms with Gasteiger partial charge in [-0.1, -0.05) is 45.9 Å². The topological polar surface area (TPSA) is 71.2 Å². The third kappa shape index (κ3) is 4.80. The summed E-state index contributed by atoms with van der Waals surface area (Å²) in [5, 5.41) is 16.2. The zero-order valence-corrected chi connectivity index (χ0v) is 15.7. The molecule has 0 amide bonds. The van der Waals surface area contributed by atoms with Crippen LogP contribution in [0.4, 0.5) is 0 Å². The number of rotatable bonds is 5. The minimum absolute atomic E-state index is 0.274. The summed E-state index contributed by atoms with van der Waals surface area (Å²) < 4.78 is 5.49. The van der Waals surface area contributed by atoms with E-state index in [-0.39, 0.29) is 11.6 Å². The highest BCUT2D eigenvalue weighted by atomic mass is 32.2. The average Bonchev–Trinajstić information content (AvgIpc) is 3.06. The van der Waals surface area contributed by atoms with Crippen LogP contribution in [0.1, 0.15) is 33.4 Å². The molecule has 2 aliphatic rings. The van der Waals surface area contributed by atoms with Crippen LogP contribution < -0.4 is 4.18 Å². The largest absolute Gasteiger partial charge is 0.404 e. The molecule has 0 radical (unpaired) electrons. The van der Waals surface area contributed by atoms with Gasteiger partial charge in [0.25, 0.3) is 0 Å². The van der Waals surface area contributed by atoms with Gasteiger partial charge >= 0.3 is 0 Å². The Labute approximate surface area is 153 Å². The van der Waals surface area contributed by atoms with Crippen molar-refractivity contribution in [2.24, 2.45) is 16.8 Å². The number of aromatic nitrogens is 2. The summed E-state index contributed by atoms with van der Waals surface area (Å²) >= 11 is 1.27. The standard InChI is InChI=1S/C17H16N4OS.C2H6/c1-11(2)12-3-5-15-13(7-12)9-19-16(15)10-23-22-17-6-4-14(8-18)20-21-17;1-2/h3-7,9,11,13H,10H2,1-2H3;1-2H3. The number of aliphatic imine (C=N–C) groups is 1. The number of hydrogen-bond acceptors (Lipinski definition) is 6. The van der Waals surface area contributed by atoms with Crippen LogP contribution in [0.15, 0.2) is 52.2 Å². The highest BCUT2D eigenvalue weighted by molar-refractivity contribution is 7.95. The molecule has 130 valence electrons. The maximum atomic E-state index is 8.68. The molecule has 1 unspecified atom stereocenters. The highest BCUT2D eigenvalue weighted by Gasteiger charge is 2.22. The van der Waals surface area contributed by atoms with Crippen molar-refractivity contribution < 1.29 is 4.18 Å². The molecule has 0 saturated carbocycles. The van der Waals surface area contributed by atoms with E-state index >= 15 is 0 Å². The van der Waals surface area contributed by atoms with Crippen LogP contribution in [0.5, 0.6) is 5.88 Å². The number of nitrogens with zero attached hydrogens (tertiary/aromatic N) is 4. The molecule has 0 saturated heterocycles. The Bertz CT molecular complexity index is 755. The lowest BCUT2D eigenvalue weighted by Gasteiger charge is -2.16. The summed E-state index contributed by atoms with van der Waals surface area (Å²) in [4.78, 5) is 4.51. The minimum atomic E-state index is 0.274. The van der Waals surface area contributed by atoms with Crippen molar-refractivity contribution in [2.45, 2.75) is 27.7 Å². The molecular weight excluding hydrogens is 332 g/mol. The van der Waals surface area contributed by atoms with Gasteiger partial charge in [0.15, 0.2) is 5.69 Å². The van der Waals surface area contributed by atoms with Gasteiger partial charge in [-0.25, -0.2) is 0 Å². The average molecular weight is 354 g/mol. The monoisotopic (exact) mass is 354 g/mol. The van der Waals surface area contributed by atoms with Crippen molar-refractivity contribution >= 4 is 18.3 Å². The summed E-state index contributed by atoms with van der Waals surface area (Å²) in [6.07, 6.45) is 8.58. The molecule has 3 rings (SSSR count). The minimum Gasteiger partial charge on any atom is -0.404 e. The Hall–Kier alpha value is -2.39. The summed E-state index contributed by atoms with van der Waals surface area (Å²) in [5.74, 6) is 1.83. The molecule has 1 aliphatic heterocycles. The zero-order valence-electron chi connectivity index (χ0n) is 14.9. The first-order valence-electron chi connectivity index (χ1n) is 8.37. The first kappa shape index (κ1) is 18.9. The van der Waals surface area contributed by atoms with Crippen molar-refractivity contribution in [3.8, 4) is 11.9 Å². The Morgan fingerprint density at radius 1 is 1.24 bits per heavy atom. The summed E-state index contributed by atoms with van der Waals surface area (Å²) in [6, 6.07) is 5.14. The Morgan fingerprint density at radius 3 is 2.68 bits per heavy atom. The molecule has 2 heterocycles. The Morgan fingerprint density at radius 2 is 2.04 bits per heavy atom.